The van der Waals surface area contributed by atoms with Crippen LogP contribution in [0, 0.1) is 0 Å². The summed E-state index contributed by atoms with van der Waals surface area (Å²) >= 11 is 1.36. The van der Waals surface area contributed by atoms with E-state index >= 15 is 0 Å². The number of nitrogens with zero attached hydrogens (tertiary/aromatic N) is 2. The number of hydrogen-bond donors (Lipinski definition) is 2. The van der Waals surface area contributed by atoms with Gasteiger partial charge >= 0.3 is 0 Å². The van der Waals surface area contributed by atoms with Gasteiger partial charge in [0.25, 0.3) is 5.91 Å². The fraction of sp³-hybridized carbons (Fsp3) is 0.286. The second-order valence-electron chi connectivity index (χ2n) is 4.27. The van der Waals surface area contributed by atoms with Gasteiger partial charge in [-0.1, -0.05) is 36.5 Å². The first-order valence-corrected chi connectivity index (χ1v) is 7.46. The van der Waals surface area contributed by atoms with Crippen LogP contribution >= 0.6 is 11.3 Å². The molecule has 2 amide bonds. The lowest BCUT2D eigenvalue weighted by molar-refractivity contribution is -0.116. The Kier molecular flexibility index (Phi) is 5.39. The van der Waals surface area contributed by atoms with Gasteiger partial charge in [-0.3, -0.25) is 9.59 Å². The van der Waals surface area contributed by atoms with Crippen molar-refractivity contribution in [3.05, 3.63) is 40.9 Å². The van der Waals surface area contributed by atoms with Crippen molar-refractivity contribution in [2.45, 2.75) is 19.8 Å². The molecule has 7 heteroatoms. The third kappa shape index (κ3) is 4.64. The average Bonchev–Trinajstić information content (AvgIpc) is 2.95. The zero-order valence-corrected chi connectivity index (χ0v) is 12.4. The summed E-state index contributed by atoms with van der Waals surface area (Å²) < 4.78 is 0. The van der Waals surface area contributed by atoms with E-state index in [0.717, 1.165) is 11.4 Å². The van der Waals surface area contributed by atoms with Crippen molar-refractivity contribution >= 4 is 28.3 Å². The van der Waals surface area contributed by atoms with E-state index in [0.29, 0.717) is 10.7 Å². The average molecular weight is 304 g/mol. The zero-order chi connectivity index (χ0) is 15.1. The van der Waals surface area contributed by atoms with E-state index < -0.39 is 0 Å². The van der Waals surface area contributed by atoms with Crippen LogP contribution in [-0.2, 0) is 11.2 Å². The van der Waals surface area contributed by atoms with Crippen LogP contribution in [0.15, 0.2) is 30.3 Å². The Labute approximate surface area is 126 Å². The Balaban J connectivity index is 1.73. The molecule has 1 aromatic heterocycles. The molecule has 21 heavy (non-hydrogen) atoms. The molecule has 0 aliphatic rings. The lowest BCUT2D eigenvalue weighted by Crippen LogP contribution is -2.27. The number of nitrogens with one attached hydrogen (secondary N) is 2. The van der Waals surface area contributed by atoms with Crippen molar-refractivity contribution in [2.75, 3.05) is 11.9 Å². The number of carbonyl (C=O) groups is 2. The van der Waals surface area contributed by atoms with Gasteiger partial charge in [0.05, 0.1) is 0 Å². The fourth-order valence-electron chi connectivity index (χ4n) is 1.61. The molecule has 0 aliphatic carbocycles. The first-order valence-electron chi connectivity index (χ1n) is 6.64. The molecule has 0 fully saturated rings. The van der Waals surface area contributed by atoms with Crippen LogP contribution in [0.5, 0.6) is 0 Å². The second-order valence-corrected chi connectivity index (χ2v) is 5.34. The van der Waals surface area contributed by atoms with Crippen molar-refractivity contribution in [1.29, 1.82) is 0 Å². The molecule has 0 bridgehead atoms. The Bertz CT molecular complexity index is 612. The molecule has 0 saturated heterocycles. The van der Waals surface area contributed by atoms with Crippen LogP contribution in [-0.4, -0.2) is 28.6 Å². The molecule has 2 rings (SSSR count). The van der Waals surface area contributed by atoms with Gasteiger partial charge in [0.2, 0.25) is 11.0 Å². The number of hydrogen-bond acceptors (Lipinski definition) is 5. The Morgan fingerprint density at radius 1 is 1.19 bits per heavy atom. The van der Waals surface area contributed by atoms with Crippen LogP contribution in [0.4, 0.5) is 5.13 Å². The molecule has 2 N–H and O–H groups in total. The van der Waals surface area contributed by atoms with Gasteiger partial charge in [0, 0.05) is 18.5 Å². The third-order valence-corrected chi connectivity index (χ3v) is 3.67. The number of aromatic nitrogens is 2. The summed E-state index contributed by atoms with van der Waals surface area (Å²) in [7, 11) is 0. The molecular weight excluding hydrogens is 288 g/mol. The number of amides is 2. The summed E-state index contributed by atoms with van der Waals surface area (Å²) in [6.45, 7) is 2.25. The van der Waals surface area contributed by atoms with E-state index in [9.17, 15) is 9.59 Å². The van der Waals surface area contributed by atoms with Gasteiger partial charge in [-0.2, -0.15) is 0 Å². The van der Waals surface area contributed by atoms with E-state index in [1.165, 1.54) is 11.3 Å². The standard InChI is InChI=1S/C14H16N4O2S/c1-2-12-17-18-14(21-12)16-11(19)8-9-15-13(20)10-6-4-3-5-7-10/h3-7H,2,8-9H2,1H3,(H,15,20)(H,16,18,19). The van der Waals surface area contributed by atoms with Gasteiger partial charge in [-0.25, -0.2) is 0 Å². The Morgan fingerprint density at radius 2 is 1.95 bits per heavy atom. The lowest BCUT2D eigenvalue weighted by Gasteiger charge is -2.04. The summed E-state index contributed by atoms with van der Waals surface area (Å²) in [5, 5.41) is 14.5. The molecule has 0 aliphatic heterocycles. The minimum Gasteiger partial charge on any atom is -0.352 e. The minimum absolute atomic E-state index is 0.187. The molecule has 0 atom stereocenters. The molecule has 0 saturated carbocycles. The monoisotopic (exact) mass is 304 g/mol. The summed E-state index contributed by atoms with van der Waals surface area (Å²) in [5.74, 6) is -0.380. The van der Waals surface area contributed by atoms with Crippen molar-refractivity contribution in [2.24, 2.45) is 0 Å². The molecule has 0 radical (unpaired) electrons. The van der Waals surface area contributed by atoms with Gasteiger partial charge in [-0.15, -0.1) is 10.2 Å². The van der Waals surface area contributed by atoms with E-state index in [1.54, 1.807) is 24.3 Å². The van der Waals surface area contributed by atoms with E-state index in [-0.39, 0.29) is 24.8 Å². The van der Waals surface area contributed by atoms with Gasteiger partial charge in [0.1, 0.15) is 5.01 Å². The predicted octanol–water partition coefficient (Wildman–Crippen LogP) is 1.86. The van der Waals surface area contributed by atoms with Crippen molar-refractivity contribution in [1.82, 2.24) is 15.5 Å². The van der Waals surface area contributed by atoms with Crippen LogP contribution in [0.3, 0.4) is 0 Å². The Morgan fingerprint density at radius 3 is 2.62 bits per heavy atom. The van der Waals surface area contributed by atoms with Crippen LogP contribution in [0.2, 0.25) is 0 Å². The molecule has 2 aromatic rings. The number of carbonyl (C=O) groups excluding carboxylic acids is 2. The highest BCUT2D eigenvalue weighted by Gasteiger charge is 2.08. The molecule has 1 heterocycles. The van der Waals surface area contributed by atoms with Gasteiger partial charge < -0.3 is 10.6 Å². The van der Waals surface area contributed by atoms with Crippen LogP contribution in [0.25, 0.3) is 0 Å². The first kappa shape index (κ1) is 15.1. The summed E-state index contributed by atoms with van der Waals surface area (Å²) in [6.07, 6.45) is 0.986. The molecule has 6 nitrogen and oxygen atoms in total. The fourth-order valence-corrected chi connectivity index (χ4v) is 2.31. The lowest BCUT2D eigenvalue weighted by atomic mass is 10.2. The first-order chi connectivity index (χ1) is 10.2. The molecule has 0 unspecified atom stereocenters. The van der Waals surface area contributed by atoms with Crippen LogP contribution in [0.1, 0.15) is 28.7 Å². The normalized spacial score (nSPS) is 10.1. The number of anilines is 1. The predicted molar refractivity (Wildman–Crippen MR) is 81.3 cm³/mol. The highest BCUT2D eigenvalue weighted by molar-refractivity contribution is 7.15. The highest BCUT2D eigenvalue weighted by atomic mass is 32.1. The summed E-state index contributed by atoms with van der Waals surface area (Å²) in [6, 6.07) is 8.88. The van der Waals surface area contributed by atoms with E-state index in [1.807, 2.05) is 13.0 Å². The van der Waals surface area contributed by atoms with Crippen molar-refractivity contribution in [3.8, 4) is 0 Å². The minimum atomic E-state index is -0.192. The summed E-state index contributed by atoms with van der Waals surface area (Å²) in [5.41, 5.74) is 0.578. The van der Waals surface area contributed by atoms with E-state index in [4.69, 9.17) is 0 Å². The molecule has 0 spiro atoms. The van der Waals surface area contributed by atoms with E-state index in [2.05, 4.69) is 20.8 Å². The maximum absolute atomic E-state index is 11.8. The largest absolute Gasteiger partial charge is 0.352 e. The number of rotatable bonds is 6. The second kappa shape index (κ2) is 7.49. The van der Waals surface area contributed by atoms with Crippen molar-refractivity contribution < 1.29 is 9.59 Å². The summed E-state index contributed by atoms with van der Waals surface area (Å²) in [4.78, 5) is 23.5. The van der Waals surface area contributed by atoms with Crippen molar-refractivity contribution in [3.63, 3.8) is 0 Å². The topological polar surface area (TPSA) is 84.0 Å². The molecule has 1 aromatic carbocycles. The quantitative estimate of drug-likeness (QED) is 0.853. The molecular formula is C14H16N4O2S. The van der Waals surface area contributed by atoms with Gasteiger partial charge in [0.15, 0.2) is 0 Å². The maximum atomic E-state index is 11.8. The number of benzene rings is 1. The maximum Gasteiger partial charge on any atom is 0.251 e. The smallest absolute Gasteiger partial charge is 0.251 e. The molecule has 110 valence electrons. The zero-order valence-electron chi connectivity index (χ0n) is 11.6. The SMILES string of the molecule is CCc1nnc(NC(=O)CCNC(=O)c2ccccc2)s1. The highest BCUT2D eigenvalue weighted by Crippen LogP contribution is 2.15. The Hall–Kier alpha value is -2.28. The van der Waals surface area contributed by atoms with Crippen LogP contribution < -0.4 is 10.6 Å². The third-order valence-electron chi connectivity index (χ3n) is 2.69. The number of aryl methyl sites for hydroxylation is 1. The van der Waals surface area contributed by atoms with Gasteiger partial charge in [-0.05, 0) is 18.6 Å².